The molecule has 0 aliphatic rings. The Hall–Kier alpha value is -1.36. The Labute approximate surface area is 108 Å². The molecule has 0 spiro atoms. The van der Waals surface area contributed by atoms with Gasteiger partial charge < -0.3 is 10.4 Å². The van der Waals surface area contributed by atoms with Crippen molar-refractivity contribution in [3.8, 4) is 0 Å². The number of benzene rings is 1. The first-order chi connectivity index (χ1) is 8.08. The Morgan fingerprint density at radius 2 is 1.82 bits per heavy atom. The van der Waals surface area contributed by atoms with Gasteiger partial charge in [0.1, 0.15) is 0 Å². The lowest BCUT2D eigenvalue weighted by Gasteiger charge is -2.03. The molecule has 0 fully saturated rings. The van der Waals surface area contributed by atoms with E-state index in [2.05, 4.69) is 21.2 Å². The summed E-state index contributed by atoms with van der Waals surface area (Å²) in [6.45, 7) is 0.189. The third kappa shape index (κ3) is 6.06. The molecule has 1 amide bonds. The summed E-state index contributed by atoms with van der Waals surface area (Å²) in [6, 6.07) is 7.76. The van der Waals surface area contributed by atoms with Crippen molar-refractivity contribution < 1.29 is 14.7 Å². The first kappa shape index (κ1) is 13.7. The number of nitrogens with one attached hydrogen (secondary N) is 1. The number of hydrogen-bond donors (Lipinski definition) is 2. The average molecular weight is 300 g/mol. The largest absolute Gasteiger partial charge is 0.481 e. The van der Waals surface area contributed by atoms with Gasteiger partial charge in [0.05, 0.1) is 6.42 Å². The zero-order valence-electron chi connectivity index (χ0n) is 9.28. The molecular weight excluding hydrogens is 286 g/mol. The number of rotatable bonds is 6. The second-order valence-corrected chi connectivity index (χ2v) is 4.54. The molecule has 0 radical (unpaired) electrons. The summed E-state index contributed by atoms with van der Waals surface area (Å²) in [5.41, 5.74) is 1.08. The summed E-state index contributed by atoms with van der Waals surface area (Å²) in [6.07, 6.45) is 0.997. The van der Waals surface area contributed by atoms with Crippen LogP contribution in [0.4, 0.5) is 0 Å². The zero-order chi connectivity index (χ0) is 12.7. The second-order valence-electron chi connectivity index (χ2n) is 3.62. The van der Waals surface area contributed by atoms with Gasteiger partial charge in [0.25, 0.3) is 0 Å². The van der Waals surface area contributed by atoms with E-state index in [0.717, 1.165) is 10.0 Å². The van der Waals surface area contributed by atoms with Gasteiger partial charge >= 0.3 is 5.97 Å². The minimum absolute atomic E-state index is 0.0377. The normalized spacial score (nSPS) is 9.94. The van der Waals surface area contributed by atoms with Crippen LogP contribution in [0.1, 0.15) is 18.4 Å². The molecule has 0 unspecified atom stereocenters. The van der Waals surface area contributed by atoms with Gasteiger partial charge in [-0.15, -0.1) is 0 Å². The van der Waals surface area contributed by atoms with Gasteiger partial charge in [0, 0.05) is 17.4 Å². The van der Waals surface area contributed by atoms with Crippen molar-refractivity contribution in [1.82, 2.24) is 5.32 Å². The standard InChI is InChI=1S/C12H14BrNO3/c13-10-4-1-9(2-5-10)3-6-11(15)14-8-7-12(16)17/h1-2,4-5H,3,6-8H2,(H,14,15)(H,16,17). The van der Waals surface area contributed by atoms with Crippen molar-refractivity contribution >= 4 is 27.8 Å². The van der Waals surface area contributed by atoms with E-state index in [1.165, 1.54) is 0 Å². The molecule has 92 valence electrons. The lowest BCUT2D eigenvalue weighted by atomic mass is 10.1. The molecule has 0 heterocycles. The van der Waals surface area contributed by atoms with E-state index < -0.39 is 5.97 Å². The average Bonchev–Trinajstić information content (AvgIpc) is 2.28. The van der Waals surface area contributed by atoms with Crippen molar-refractivity contribution in [2.75, 3.05) is 6.54 Å². The molecule has 4 nitrogen and oxygen atoms in total. The van der Waals surface area contributed by atoms with E-state index in [1.807, 2.05) is 24.3 Å². The van der Waals surface area contributed by atoms with E-state index in [-0.39, 0.29) is 18.9 Å². The Morgan fingerprint density at radius 3 is 2.41 bits per heavy atom. The van der Waals surface area contributed by atoms with E-state index in [4.69, 9.17) is 5.11 Å². The van der Waals surface area contributed by atoms with Crippen LogP contribution < -0.4 is 5.32 Å². The third-order valence-corrected chi connectivity index (χ3v) is 2.74. The molecule has 1 aromatic carbocycles. The summed E-state index contributed by atoms with van der Waals surface area (Å²) >= 11 is 3.34. The first-order valence-corrected chi connectivity index (χ1v) is 6.10. The van der Waals surface area contributed by atoms with Crippen molar-refractivity contribution in [3.63, 3.8) is 0 Å². The van der Waals surface area contributed by atoms with Crippen LogP contribution in [-0.4, -0.2) is 23.5 Å². The van der Waals surface area contributed by atoms with Crippen LogP contribution in [0.2, 0.25) is 0 Å². The Balaban J connectivity index is 2.23. The van der Waals surface area contributed by atoms with Crippen molar-refractivity contribution in [1.29, 1.82) is 0 Å². The van der Waals surface area contributed by atoms with Crippen LogP contribution in [-0.2, 0) is 16.0 Å². The fraction of sp³-hybridized carbons (Fsp3) is 0.333. The van der Waals surface area contributed by atoms with Gasteiger partial charge in [-0.3, -0.25) is 9.59 Å². The Morgan fingerprint density at radius 1 is 1.18 bits per heavy atom. The SMILES string of the molecule is O=C(O)CCNC(=O)CCc1ccc(Br)cc1. The van der Waals surface area contributed by atoms with Gasteiger partial charge in [-0.25, -0.2) is 0 Å². The summed E-state index contributed by atoms with van der Waals surface area (Å²) in [4.78, 5) is 21.6. The molecule has 2 N–H and O–H groups in total. The summed E-state index contributed by atoms with van der Waals surface area (Å²) in [7, 11) is 0. The molecule has 5 heteroatoms. The van der Waals surface area contributed by atoms with Crippen LogP contribution in [0.25, 0.3) is 0 Å². The van der Waals surface area contributed by atoms with E-state index in [0.29, 0.717) is 12.8 Å². The number of carboxylic acids is 1. The predicted molar refractivity (Wildman–Crippen MR) is 67.7 cm³/mol. The molecule has 0 saturated carbocycles. The maximum Gasteiger partial charge on any atom is 0.305 e. The molecular formula is C12H14BrNO3. The van der Waals surface area contributed by atoms with E-state index >= 15 is 0 Å². The number of amides is 1. The summed E-state index contributed by atoms with van der Waals surface area (Å²) in [5.74, 6) is -1.02. The highest BCUT2D eigenvalue weighted by Gasteiger charge is 2.03. The minimum atomic E-state index is -0.904. The van der Waals surface area contributed by atoms with Crippen LogP contribution in [0.5, 0.6) is 0 Å². The minimum Gasteiger partial charge on any atom is -0.481 e. The molecule has 0 aliphatic heterocycles. The molecule has 0 aromatic heterocycles. The fourth-order valence-corrected chi connectivity index (χ4v) is 1.57. The van der Waals surface area contributed by atoms with E-state index in [1.54, 1.807) is 0 Å². The number of aliphatic carboxylic acids is 1. The van der Waals surface area contributed by atoms with Gasteiger partial charge in [0.15, 0.2) is 0 Å². The van der Waals surface area contributed by atoms with E-state index in [9.17, 15) is 9.59 Å². The highest BCUT2D eigenvalue weighted by atomic mass is 79.9. The fourth-order valence-electron chi connectivity index (χ4n) is 1.31. The maximum atomic E-state index is 11.4. The molecule has 1 rings (SSSR count). The molecule has 0 bridgehead atoms. The second kappa shape index (κ2) is 7.06. The quantitative estimate of drug-likeness (QED) is 0.844. The molecule has 0 saturated heterocycles. The molecule has 0 aliphatic carbocycles. The highest BCUT2D eigenvalue weighted by Crippen LogP contribution is 2.11. The number of carboxylic acid groups (broad SMARTS) is 1. The number of hydrogen-bond acceptors (Lipinski definition) is 2. The number of carbonyl (C=O) groups is 2. The smallest absolute Gasteiger partial charge is 0.305 e. The third-order valence-electron chi connectivity index (χ3n) is 2.22. The predicted octanol–water partition coefficient (Wildman–Crippen LogP) is 1.97. The number of carbonyl (C=O) groups excluding carboxylic acids is 1. The van der Waals surface area contributed by atoms with Crippen molar-refractivity contribution in [2.24, 2.45) is 0 Å². The van der Waals surface area contributed by atoms with Gasteiger partial charge in [-0.2, -0.15) is 0 Å². The zero-order valence-corrected chi connectivity index (χ0v) is 10.9. The van der Waals surface area contributed by atoms with Crippen LogP contribution >= 0.6 is 15.9 Å². The topological polar surface area (TPSA) is 66.4 Å². The molecule has 17 heavy (non-hydrogen) atoms. The molecule has 0 atom stereocenters. The van der Waals surface area contributed by atoms with Crippen LogP contribution in [0, 0.1) is 0 Å². The lowest BCUT2D eigenvalue weighted by Crippen LogP contribution is -2.26. The molecule has 1 aromatic rings. The number of aryl methyl sites for hydroxylation is 1. The van der Waals surface area contributed by atoms with Crippen molar-refractivity contribution in [3.05, 3.63) is 34.3 Å². The van der Waals surface area contributed by atoms with Gasteiger partial charge in [0.2, 0.25) is 5.91 Å². The van der Waals surface area contributed by atoms with Gasteiger partial charge in [-0.1, -0.05) is 28.1 Å². The lowest BCUT2D eigenvalue weighted by molar-refractivity contribution is -0.136. The van der Waals surface area contributed by atoms with Crippen LogP contribution in [0.3, 0.4) is 0 Å². The monoisotopic (exact) mass is 299 g/mol. The number of halogens is 1. The Kier molecular flexibility index (Phi) is 5.69. The first-order valence-electron chi connectivity index (χ1n) is 5.31. The van der Waals surface area contributed by atoms with Gasteiger partial charge in [-0.05, 0) is 24.1 Å². The van der Waals surface area contributed by atoms with Crippen molar-refractivity contribution in [2.45, 2.75) is 19.3 Å². The Bertz CT molecular complexity index is 389. The maximum absolute atomic E-state index is 11.4. The summed E-state index contributed by atoms with van der Waals surface area (Å²) < 4.78 is 1.01. The highest BCUT2D eigenvalue weighted by molar-refractivity contribution is 9.10. The summed E-state index contributed by atoms with van der Waals surface area (Å²) in [5, 5.41) is 11.0. The van der Waals surface area contributed by atoms with Crippen LogP contribution in [0.15, 0.2) is 28.7 Å².